The molecule has 0 aliphatic carbocycles. The van der Waals surface area contributed by atoms with Crippen molar-refractivity contribution in [2.45, 2.75) is 96.2 Å². The van der Waals surface area contributed by atoms with E-state index in [4.69, 9.17) is 0 Å². The molecule has 0 spiro atoms. The first kappa shape index (κ1) is 30.6. The molecule has 2 aromatic carbocycles. The maximum absolute atomic E-state index is 2.64. The summed E-state index contributed by atoms with van der Waals surface area (Å²) >= 11 is -0.236. The number of imidazole rings is 1. The predicted molar refractivity (Wildman–Crippen MR) is 169 cm³/mol. The SMILES string of the molecule is CC(C)(C)C[N]1[Ge][N](CC(C)(C)C)c2ccccc21.CC(C)(C)Cn1[cH+]n(CC(C)(C)C)c2ccccc21. The summed E-state index contributed by atoms with van der Waals surface area (Å²) in [5.41, 5.74) is 6.86. The molecule has 38 heavy (non-hydrogen) atoms. The summed E-state index contributed by atoms with van der Waals surface area (Å²) in [5, 5.41) is 0. The maximum atomic E-state index is 2.64. The van der Waals surface area contributed by atoms with E-state index in [2.05, 4.69) is 155 Å². The first-order valence-electron chi connectivity index (χ1n) is 14.2. The smallest absolute Gasteiger partial charge is 0.211 e. The van der Waals surface area contributed by atoms with E-state index in [1.54, 1.807) is 0 Å². The van der Waals surface area contributed by atoms with Crippen molar-refractivity contribution in [3.8, 4) is 0 Å². The van der Waals surface area contributed by atoms with Crippen LogP contribution < -0.4 is 7.71 Å². The van der Waals surface area contributed by atoms with Crippen molar-refractivity contribution in [2.24, 2.45) is 21.7 Å². The molecule has 4 nitrogen and oxygen atoms in total. The summed E-state index contributed by atoms with van der Waals surface area (Å²) < 4.78 is 10.1. The Bertz CT molecular complexity index is 1110. The van der Waals surface area contributed by atoms with E-state index in [0.717, 1.165) is 26.2 Å². The van der Waals surface area contributed by atoms with Crippen LogP contribution in [0.4, 0.5) is 11.4 Å². The fraction of sp³-hybridized carbons (Fsp3) is 0.606. The average molecular weight is 578 g/mol. The molecule has 2 radical (unpaired) electrons. The van der Waals surface area contributed by atoms with E-state index in [-0.39, 0.29) is 15.9 Å². The van der Waals surface area contributed by atoms with Gasteiger partial charge in [-0.2, -0.15) is 0 Å². The summed E-state index contributed by atoms with van der Waals surface area (Å²) in [6, 6.07) is 17.6. The molecule has 208 valence electrons. The molecule has 1 aliphatic rings. The van der Waals surface area contributed by atoms with Crippen LogP contribution >= 0.6 is 0 Å². The average Bonchev–Trinajstić information content (AvgIpc) is 3.22. The molecule has 3 aromatic rings. The molecule has 5 heteroatoms. The topological polar surface area (TPSA) is 16.3 Å². The van der Waals surface area contributed by atoms with Crippen molar-refractivity contribution in [3.05, 3.63) is 54.9 Å². The Morgan fingerprint density at radius 2 is 0.816 bits per heavy atom. The van der Waals surface area contributed by atoms with E-state index in [9.17, 15) is 0 Å². The van der Waals surface area contributed by atoms with E-state index in [0.29, 0.717) is 21.7 Å². The fourth-order valence-corrected chi connectivity index (χ4v) is 9.02. The van der Waals surface area contributed by atoms with Crippen molar-refractivity contribution in [1.82, 2.24) is 9.13 Å². The standard InChI is InChI=1S/C17H27N2.C16H26GeN2/c1-16(2,3)11-18-13-19(12-17(4,5)6)15-10-8-7-9-14(15)18;1-15(2,3)11-18-13-9-7-8-10-14(13)19(17-18)12-16(4,5)6/h7-10,13H,11-12H2,1-6H3;7-10H,11-12H2,1-6H3/q+1;. The molecule has 1 aromatic heterocycles. The van der Waals surface area contributed by atoms with Crippen LogP contribution in [-0.2, 0) is 13.1 Å². The zero-order chi connectivity index (χ0) is 28.5. The van der Waals surface area contributed by atoms with Gasteiger partial charge in [0.2, 0.25) is 11.0 Å². The second kappa shape index (κ2) is 11.3. The molecule has 0 bridgehead atoms. The first-order valence-corrected chi connectivity index (χ1v) is 16.1. The van der Waals surface area contributed by atoms with E-state index >= 15 is 0 Å². The third kappa shape index (κ3) is 9.07. The molecule has 0 fully saturated rings. The van der Waals surface area contributed by atoms with Gasteiger partial charge in [-0.1, -0.05) is 41.5 Å². The number of hydrogen-bond acceptors (Lipinski definition) is 2. The van der Waals surface area contributed by atoms with E-state index in [1.807, 2.05) is 0 Å². The van der Waals surface area contributed by atoms with Gasteiger partial charge in [-0.3, -0.25) is 0 Å². The van der Waals surface area contributed by atoms with Crippen LogP contribution in [0.5, 0.6) is 0 Å². The van der Waals surface area contributed by atoms with Crippen molar-refractivity contribution in [2.75, 3.05) is 20.8 Å². The Labute approximate surface area is 240 Å². The molecule has 1 aliphatic heterocycles. The van der Waals surface area contributed by atoms with Gasteiger partial charge in [-0.25, -0.2) is 9.13 Å². The zero-order valence-electron chi connectivity index (χ0n) is 26.3. The Morgan fingerprint density at radius 1 is 0.500 bits per heavy atom. The molecule has 4 rings (SSSR count). The van der Waals surface area contributed by atoms with Crippen molar-refractivity contribution >= 4 is 38.3 Å². The molecule has 0 N–H and O–H groups in total. The van der Waals surface area contributed by atoms with Gasteiger partial charge >= 0.3 is 125 Å². The summed E-state index contributed by atoms with van der Waals surface area (Å²) in [4.78, 5) is 0. The van der Waals surface area contributed by atoms with Crippen LogP contribution in [-0.4, -0.2) is 38.1 Å². The van der Waals surface area contributed by atoms with Crippen molar-refractivity contribution in [3.63, 3.8) is 0 Å². The van der Waals surface area contributed by atoms with Crippen LogP contribution in [0.15, 0.2) is 54.9 Å². The number of fused-ring (bicyclic) bond motifs is 2. The van der Waals surface area contributed by atoms with Crippen LogP contribution in [0, 0.1) is 21.7 Å². The monoisotopic (exact) mass is 579 g/mol. The number of benzene rings is 2. The molecular formula is C33H53GeN4+. The summed E-state index contributed by atoms with van der Waals surface area (Å²) in [5.74, 6) is 0. The second-order valence-electron chi connectivity index (χ2n) is 15.9. The third-order valence-electron chi connectivity index (χ3n) is 6.04. The largest absolute Gasteiger partial charge is 0.216 e. The third-order valence-corrected chi connectivity index (χ3v) is 8.73. The van der Waals surface area contributed by atoms with Gasteiger partial charge in [0.25, 0.3) is 0 Å². The van der Waals surface area contributed by atoms with Gasteiger partial charge in [-0.05, 0) is 23.0 Å². The predicted octanol–water partition coefficient (Wildman–Crippen LogP) is 8.76. The minimum Gasteiger partial charge on any atom is -0.216 e. The molecule has 0 saturated heterocycles. The molecule has 0 saturated carbocycles. The Morgan fingerprint density at radius 3 is 1.13 bits per heavy atom. The summed E-state index contributed by atoms with van der Waals surface area (Å²) in [6.45, 7) is 32.1. The van der Waals surface area contributed by atoms with Gasteiger partial charge in [0.05, 0.1) is 13.1 Å². The minimum absolute atomic E-state index is 0.236. The van der Waals surface area contributed by atoms with Crippen molar-refractivity contribution in [1.29, 1.82) is 0 Å². The molecule has 0 atom stereocenters. The number of nitrogens with zero attached hydrogens (tertiary/aromatic N) is 4. The van der Waals surface area contributed by atoms with Crippen LogP contribution in [0.3, 0.4) is 0 Å². The van der Waals surface area contributed by atoms with Gasteiger partial charge in [0, 0.05) is 12.1 Å². The Balaban J connectivity index is 0.000000211. The number of rotatable bonds is 4. The van der Waals surface area contributed by atoms with Crippen LogP contribution in [0.2, 0.25) is 0 Å². The normalized spacial score (nSPS) is 14.5. The Kier molecular flexibility index (Phi) is 9.07. The number of anilines is 2. The second-order valence-corrected chi connectivity index (χ2v) is 18.5. The molecule has 0 amide bonds. The van der Waals surface area contributed by atoms with Crippen LogP contribution in [0.25, 0.3) is 11.0 Å². The Hall–Kier alpha value is -1.95. The van der Waals surface area contributed by atoms with Crippen LogP contribution in [0.1, 0.15) is 83.1 Å². The number of aromatic nitrogens is 2. The molecule has 0 unspecified atom stereocenters. The van der Waals surface area contributed by atoms with Gasteiger partial charge in [-0.15, -0.1) is 0 Å². The van der Waals surface area contributed by atoms with Gasteiger partial charge < -0.3 is 0 Å². The van der Waals surface area contributed by atoms with Gasteiger partial charge in [0.1, 0.15) is 0 Å². The van der Waals surface area contributed by atoms with Crippen molar-refractivity contribution < 1.29 is 0 Å². The summed E-state index contributed by atoms with van der Waals surface area (Å²) in [7, 11) is 0. The van der Waals surface area contributed by atoms with Gasteiger partial charge in [0.15, 0.2) is 6.33 Å². The molecular weight excluding hydrogens is 525 g/mol. The number of hydrogen-bond donors (Lipinski definition) is 0. The summed E-state index contributed by atoms with van der Waals surface area (Å²) in [6.07, 6.45) is 2.28. The minimum atomic E-state index is -0.236. The maximum Gasteiger partial charge on any atom is 0.211 e. The molecule has 2 heterocycles. The number of para-hydroxylation sites is 4. The zero-order valence-corrected chi connectivity index (χ0v) is 28.4. The van der Waals surface area contributed by atoms with E-state index in [1.165, 1.54) is 22.4 Å². The fourth-order valence-electron chi connectivity index (χ4n) is 4.88. The first-order chi connectivity index (χ1) is 17.3. The quantitative estimate of drug-likeness (QED) is 0.227. The van der Waals surface area contributed by atoms with E-state index < -0.39 is 0 Å².